The first-order valence-corrected chi connectivity index (χ1v) is 11.5. The normalized spacial score (nSPS) is 34.4. The van der Waals surface area contributed by atoms with Crippen LogP contribution in [0.5, 0.6) is 0 Å². The van der Waals surface area contributed by atoms with Crippen molar-refractivity contribution >= 4 is 7.82 Å². The second kappa shape index (κ2) is 8.83. The molecule has 2 saturated heterocycles. The van der Waals surface area contributed by atoms with Gasteiger partial charge in [0.2, 0.25) is 0 Å². The van der Waals surface area contributed by atoms with Crippen LogP contribution in [0.25, 0.3) is 0 Å². The molecule has 2 aliphatic heterocycles. The molecule has 2 fully saturated rings. The Hall–Kier alpha value is -1.29. The van der Waals surface area contributed by atoms with Gasteiger partial charge in [-0.2, -0.15) is 0 Å². The fourth-order valence-electron chi connectivity index (χ4n) is 3.94. The molecule has 3 heterocycles. The first-order chi connectivity index (χ1) is 13.7. The number of H-pyrrole nitrogens is 1. The number of ether oxygens (including phenoxy) is 1. The number of rotatable bonds is 8. The van der Waals surface area contributed by atoms with Crippen molar-refractivity contribution in [2.45, 2.75) is 70.4 Å². The molecule has 1 aromatic rings. The number of aromatic nitrogens is 2. The van der Waals surface area contributed by atoms with Gasteiger partial charge in [-0.05, 0) is 25.7 Å². The topological polar surface area (TPSA) is 135 Å². The Bertz CT molecular complexity index is 862. The molecule has 164 valence electrons. The molecule has 10 nitrogen and oxygen atoms in total. The van der Waals surface area contributed by atoms with Crippen LogP contribution >= 0.6 is 7.82 Å². The first kappa shape index (κ1) is 22.4. The zero-order valence-electron chi connectivity index (χ0n) is 17.0. The molecule has 0 aromatic carbocycles. The van der Waals surface area contributed by atoms with Crippen LogP contribution in [-0.4, -0.2) is 40.5 Å². The Balaban J connectivity index is 1.74. The summed E-state index contributed by atoms with van der Waals surface area (Å²) in [4.78, 5) is 25.7. The SMILES string of the molecule is CCCC(CCC)CO[P@@]1(=O)OC[C@H]2OC(n3ccc(=O)[nH]c3=O)[C@](C)(N)[C@@H]2O1. The number of nitrogens with one attached hydrogen (secondary N) is 1. The van der Waals surface area contributed by atoms with E-state index in [0.29, 0.717) is 0 Å². The minimum Gasteiger partial charge on any atom is -0.347 e. The summed E-state index contributed by atoms with van der Waals surface area (Å²) in [6, 6.07) is 1.20. The quantitative estimate of drug-likeness (QED) is 0.596. The second-order valence-electron chi connectivity index (χ2n) is 7.92. The number of aromatic amines is 1. The van der Waals surface area contributed by atoms with E-state index in [1.165, 1.54) is 16.8 Å². The Labute approximate surface area is 169 Å². The van der Waals surface area contributed by atoms with Crippen LogP contribution in [0.4, 0.5) is 0 Å². The average molecular weight is 431 g/mol. The monoisotopic (exact) mass is 431 g/mol. The van der Waals surface area contributed by atoms with Crippen LogP contribution in [0.1, 0.15) is 52.7 Å². The number of fused-ring (bicyclic) bond motifs is 1. The van der Waals surface area contributed by atoms with Crippen molar-refractivity contribution in [3.05, 3.63) is 33.1 Å². The van der Waals surface area contributed by atoms with Crippen molar-refractivity contribution in [2.24, 2.45) is 11.7 Å². The Morgan fingerprint density at radius 3 is 2.69 bits per heavy atom. The summed E-state index contributed by atoms with van der Waals surface area (Å²) in [5.74, 6) is 0.275. The molecular formula is C18H30N3O7P. The van der Waals surface area contributed by atoms with Crippen LogP contribution in [0.15, 0.2) is 21.9 Å². The van der Waals surface area contributed by atoms with E-state index in [9.17, 15) is 14.2 Å². The van der Waals surface area contributed by atoms with Gasteiger partial charge >= 0.3 is 13.5 Å². The zero-order chi connectivity index (χ0) is 21.2. The second-order valence-corrected chi connectivity index (χ2v) is 9.54. The van der Waals surface area contributed by atoms with E-state index in [4.69, 9.17) is 24.0 Å². The maximum absolute atomic E-state index is 13.0. The number of phosphoric ester groups is 1. The minimum atomic E-state index is -3.81. The van der Waals surface area contributed by atoms with E-state index in [-0.39, 0.29) is 19.1 Å². The molecular weight excluding hydrogens is 401 g/mol. The maximum atomic E-state index is 13.0. The van der Waals surface area contributed by atoms with E-state index in [2.05, 4.69) is 18.8 Å². The molecule has 0 aliphatic carbocycles. The van der Waals surface area contributed by atoms with Crippen LogP contribution < -0.4 is 17.0 Å². The molecule has 0 bridgehead atoms. The summed E-state index contributed by atoms with van der Waals surface area (Å²) >= 11 is 0. The van der Waals surface area contributed by atoms with Gasteiger partial charge in [-0.3, -0.25) is 27.9 Å². The molecule has 0 radical (unpaired) electrons. The van der Waals surface area contributed by atoms with Gasteiger partial charge in [-0.25, -0.2) is 9.36 Å². The lowest BCUT2D eigenvalue weighted by atomic mass is 9.93. The van der Waals surface area contributed by atoms with Gasteiger partial charge in [0.1, 0.15) is 12.2 Å². The lowest BCUT2D eigenvalue weighted by molar-refractivity contribution is -0.0734. The van der Waals surface area contributed by atoms with Crippen molar-refractivity contribution in [3.63, 3.8) is 0 Å². The molecule has 0 saturated carbocycles. The maximum Gasteiger partial charge on any atom is 0.475 e. The van der Waals surface area contributed by atoms with Crippen molar-refractivity contribution in [1.29, 1.82) is 0 Å². The van der Waals surface area contributed by atoms with E-state index in [1.54, 1.807) is 6.92 Å². The van der Waals surface area contributed by atoms with E-state index in [0.717, 1.165) is 25.7 Å². The highest BCUT2D eigenvalue weighted by molar-refractivity contribution is 7.48. The molecule has 0 spiro atoms. The molecule has 3 rings (SSSR count). The highest BCUT2D eigenvalue weighted by Gasteiger charge is 2.59. The molecule has 0 amide bonds. The zero-order valence-corrected chi connectivity index (χ0v) is 17.9. The minimum absolute atomic E-state index is 0.0322. The lowest BCUT2D eigenvalue weighted by Crippen LogP contribution is -2.55. The fraction of sp³-hybridized carbons (Fsp3) is 0.778. The molecule has 3 N–H and O–H groups in total. The lowest BCUT2D eigenvalue weighted by Gasteiger charge is -2.36. The predicted molar refractivity (Wildman–Crippen MR) is 106 cm³/mol. The molecule has 1 aromatic heterocycles. The largest absolute Gasteiger partial charge is 0.475 e. The van der Waals surface area contributed by atoms with Gasteiger partial charge in [0, 0.05) is 12.3 Å². The Morgan fingerprint density at radius 2 is 2.07 bits per heavy atom. The third-order valence-electron chi connectivity index (χ3n) is 5.39. The van der Waals surface area contributed by atoms with Crippen LogP contribution in [-0.2, 0) is 22.9 Å². The van der Waals surface area contributed by atoms with Gasteiger partial charge in [0.25, 0.3) is 5.56 Å². The predicted octanol–water partition coefficient (Wildman–Crippen LogP) is 1.91. The van der Waals surface area contributed by atoms with Gasteiger partial charge in [0.05, 0.1) is 18.8 Å². The number of hydrogen-bond donors (Lipinski definition) is 2. The van der Waals surface area contributed by atoms with E-state index < -0.39 is 43.0 Å². The Morgan fingerprint density at radius 1 is 1.38 bits per heavy atom. The van der Waals surface area contributed by atoms with Crippen LogP contribution in [0, 0.1) is 5.92 Å². The summed E-state index contributed by atoms with van der Waals surface area (Å²) in [7, 11) is -3.81. The van der Waals surface area contributed by atoms with E-state index in [1.807, 2.05) is 0 Å². The standard InChI is InChI=1S/C18H30N3O7P/c1-4-6-12(7-5-2)10-25-29(24)26-11-13-15(28-29)18(3,19)16(27-13)21-9-8-14(22)20-17(21)23/h8-9,12-13,15-16H,4-7,10-11,19H2,1-3H3,(H,20,22,23)/t13-,15-,16?,18-,29+/m1/s1. The Kier molecular flexibility index (Phi) is 6.82. The van der Waals surface area contributed by atoms with Gasteiger partial charge < -0.3 is 10.5 Å². The summed E-state index contributed by atoms with van der Waals surface area (Å²) in [5, 5.41) is 0. The summed E-state index contributed by atoms with van der Waals surface area (Å²) in [6.45, 7) is 6.08. The summed E-state index contributed by atoms with van der Waals surface area (Å²) in [5.41, 5.74) is 4.07. The summed E-state index contributed by atoms with van der Waals surface area (Å²) in [6.07, 6.45) is 2.91. The first-order valence-electron chi connectivity index (χ1n) is 10.0. The number of phosphoric acid groups is 1. The summed E-state index contributed by atoms with van der Waals surface area (Å²) < 4.78 is 36.8. The molecule has 2 aliphatic rings. The number of hydrogen-bond acceptors (Lipinski definition) is 8. The average Bonchev–Trinajstić information content (AvgIpc) is 2.91. The fourth-order valence-corrected chi connectivity index (χ4v) is 5.50. The molecule has 29 heavy (non-hydrogen) atoms. The van der Waals surface area contributed by atoms with Gasteiger partial charge in [-0.15, -0.1) is 0 Å². The van der Waals surface area contributed by atoms with Crippen molar-refractivity contribution in [1.82, 2.24) is 9.55 Å². The van der Waals surface area contributed by atoms with Crippen LogP contribution in [0.2, 0.25) is 0 Å². The van der Waals surface area contributed by atoms with Crippen LogP contribution in [0.3, 0.4) is 0 Å². The van der Waals surface area contributed by atoms with Crippen molar-refractivity contribution in [3.8, 4) is 0 Å². The van der Waals surface area contributed by atoms with Crippen molar-refractivity contribution < 1.29 is 22.9 Å². The highest BCUT2D eigenvalue weighted by atomic mass is 31.2. The molecule has 11 heteroatoms. The number of nitrogens with two attached hydrogens (primary N) is 1. The van der Waals surface area contributed by atoms with Crippen molar-refractivity contribution in [2.75, 3.05) is 13.2 Å². The smallest absolute Gasteiger partial charge is 0.347 e. The van der Waals surface area contributed by atoms with E-state index >= 15 is 0 Å². The molecule has 5 atom stereocenters. The third-order valence-corrected chi connectivity index (χ3v) is 6.81. The number of nitrogens with zero attached hydrogens (tertiary/aromatic N) is 1. The van der Waals surface area contributed by atoms with Gasteiger partial charge in [0.15, 0.2) is 6.23 Å². The third kappa shape index (κ3) is 4.73. The van der Waals surface area contributed by atoms with Gasteiger partial charge in [-0.1, -0.05) is 26.7 Å². The molecule has 1 unspecified atom stereocenters. The highest BCUT2D eigenvalue weighted by Crippen LogP contribution is 2.58.